The van der Waals surface area contributed by atoms with Crippen LogP contribution in [-0.2, 0) is 16.3 Å². The molecule has 0 saturated carbocycles. The first-order valence-electron chi connectivity index (χ1n) is 6.25. The fraction of sp³-hybridized carbons (Fsp3) is 0.538. The standard InChI is InChI=1S/C13H17F2NO2S/c14-11-3-10(4-12(15)7-11)6-13(16)5-9-1-2-19(17,18)8-9/h3-4,7,9,13H,1-2,5-6,8,16H2. The average molecular weight is 289 g/mol. The van der Waals surface area contributed by atoms with Crippen LogP contribution in [0.5, 0.6) is 0 Å². The molecule has 19 heavy (non-hydrogen) atoms. The molecule has 1 saturated heterocycles. The summed E-state index contributed by atoms with van der Waals surface area (Å²) >= 11 is 0. The first-order chi connectivity index (χ1) is 8.84. The lowest BCUT2D eigenvalue weighted by atomic mass is 9.95. The molecule has 106 valence electrons. The van der Waals surface area contributed by atoms with Gasteiger partial charge in [0.2, 0.25) is 0 Å². The Kier molecular flexibility index (Phi) is 4.20. The Morgan fingerprint density at radius 2 is 1.89 bits per heavy atom. The van der Waals surface area contributed by atoms with Crippen molar-refractivity contribution in [1.82, 2.24) is 0 Å². The molecule has 2 atom stereocenters. The molecule has 0 radical (unpaired) electrons. The van der Waals surface area contributed by atoms with Crippen LogP contribution in [0.3, 0.4) is 0 Å². The maximum absolute atomic E-state index is 13.0. The third kappa shape index (κ3) is 4.24. The first kappa shape index (κ1) is 14.4. The first-order valence-corrected chi connectivity index (χ1v) is 8.07. The molecule has 0 bridgehead atoms. The number of hydrogen-bond donors (Lipinski definition) is 1. The molecule has 0 spiro atoms. The van der Waals surface area contributed by atoms with Crippen LogP contribution in [0.25, 0.3) is 0 Å². The molecule has 2 unspecified atom stereocenters. The second-order valence-corrected chi connectivity index (χ2v) is 7.48. The van der Waals surface area contributed by atoms with Gasteiger partial charge < -0.3 is 5.73 Å². The van der Waals surface area contributed by atoms with E-state index in [9.17, 15) is 17.2 Å². The second-order valence-electron chi connectivity index (χ2n) is 5.25. The highest BCUT2D eigenvalue weighted by molar-refractivity contribution is 7.91. The van der Waals surface area contributed by atoms with E-state index in [1.807, 2.05) is 0 Å². The van der Waals surface area contributed by atoms with Crippen LogP contribution in [0.4, 0.5) is 8.78 Å². The van der Waals surface area contributed by atoms with Gasteiger partial charge in [0, 0.05) is 12.1 Å². The number of hydrogen-bond acceptors (Lipinski definition) is 3. The van der Waals surface area contributed by atoms with E-state index < -0.39 is 21.5 Å². The Morgan fingerprint density at radius 1 is 1.26 bits per heavy atom. The maximum atomic E-state index is 13.0. The Bertz CT molecular complexity index is 540. The predicted octanol–water partition coefficient (Wildman–Crippen LogP) is 1.66. The van der Waals surface area contributed by atoms with Crippen LogP contribution in [0.15, 0.2) is 18.2 Å². The van der Waals surface area contributed by atoms with Crippen LogP contribution < -0.4 is 5.73 Å². The van der Waals surface area contributed by atoms with E-state index in [1.54, 1.807) is 0 Å². The van der Waals surface area contributed by atoms with Crippen LogP contribution in [0.1, 0.15) is 18.4 Å². The van der Waals surface area contributed by atoms with E-state index in [2.05, 4.69) is 0 Å². The number of rotatable bonds is 4. The summed E-state index contributed by atoms with van der Waals surface area (Å²) in [5.74, 6) is -0.772. The Labute approximate surface area is 111 Å². The number of benzene rings is 1. The maximum Gasteiger partial charge on any atom is 0.150 e. The molecule has 1 aliphatic rings. The molecule has 1 aromatic rings. The van der Waals surface area contributed by atoms with Gasteiger partial charge in [-0.2, -0.15) is 0 Å². The quantitative estimate of drug-likeness (QED) is 0.917. The van der Waals surface area contributed by atoms with Crippen LogP contribution in [0, 0.1) is 17.6 Å². The molecule has 0 aliphatic carbocycles. The predicted molar refractivity (Wildman–Crippen MR) is 69.4 cm³/mol. The summed E-state index contributed by atoms with van der Waals surface area (Å²) < 4.78 is 48.7. The summed E-state index contributed by atoms with van der Waals surface area (Å²) in [4.78, 5) is 0. The van der Waals surface area contributed by atoms with Crippen LogP contribution in [0.2, 0.25) is 0 Å². The molecular formula is C13H17F2NO2S. The van der Waals surface area contributed by atoms with Gasteiger partial charge in [-0.25, -0.2) is 17.2 Å². The lowest BCUT2D eigenvalue weighted by Gasteiger charge is -2.15. The molecule has 1 heterocycles. The molecule has 1 aromatic carbocycles. The van der Waals surface area contributed by atoms with Crippen molar-refractivity contribution in [2.45, 2.75) is 25.3 Å². The van der Waals surface area contributed by atoms with Gasteiger partial charge in [-0.1, -0.05) is 0 Å². The summed E-state index contributed by atoms with van der Waals surface area (Å²) in [7, 11) is -2.90. The third-order valence-corrected chi connectivity index (χ3v) is 5.22. The third-order valence-electron chi connectivity index (χ3n) is 3.38. The minimum atomic E-state index is -2.90. The summed E-state index contributed by atoms with van der Waals surface area (Å²) in [6.45, 7) is 0. The van der Waals surface area contributed by atoms with Gasteiger partial charge in [-0.15, -0.1) is 0 Å². The van der Waals surface area contributed by atoms with E-state index >= 15 is 0 Å². The van der Waals surface area contributed by atoms with Gasteiger partial charge in [-0.05, 0) is 42.9 Å². The summed E-state index contributed by atoms with van der Waals surface area (Å²) in [5, 5.41) is 0. The number of sulfone groups is 1. The monoisotopic (exact) mass is 289 g/mol. The Hall–Kier alpha value is -1.01. The highest BCUT2D eigenvalue weighted by Gasteiger charge is 2.28. The Morgan fingerprint density at radius 3 is 2.42 bits per heavy atom. The van der Waals surface area contributed by atoms with E-state index in [0.29, 0.717) is 24.8 Å². The van der Waals surface area contributed by atoms with E-state index in [0.717, 1.165) is 6.07 Å². The average Bonchev–Trinajstić information content (AvgIpc) is 2.55. The minimum absolute atomic E-state index is 0.0680. The largest absolute Gasteiger partial charge is 0.327 e. The molecular weight excluding hydrogens is 272 g/mol. The molecule has 1 aliphatic heterocycles. The molecule has 0 aromatic heterocycles. The van der Waals surface area contributed by atoms with Gasteiger partial charge in [0.15, 0.2) is 9.84 Å². The van der Waals surface area contributed by atoms with E-state index in [1.165, 1.54) is 12.1 Å². The van der Waals surface area contributed by atoms with Gasteiger partial charge in [0.05, 0.1) is 11.5 Å². The van der Waals surface area contributed by atoms with Crippen molar-refractivity contribution in [3.8, 4) is 0 Å². The van der Waals surface area contributed by atoms with E-state index in [-0.39, 0.29) is 23.5 Å². The zero-order chi connectivity index (χ0) is 14.0. The van der Waals surface area contributed by atoms with Crippen molar-refractivity contribution >= 4 is 9.84 Å². The van der Waals surface area contributed by atoms with Crippen LogP contribution >= 0.6 is 0 Å². The fourth-order valence-electron chi connectivity index (χ4n) is 2.60. The summed E-state index contributed by atoms with van der Waals surface area (Å²) in [6, 6.07) is 3.06. The molecule has 1 fully saturated rings. The molecule has 3 nitrogen and oxygen atoms in total. The molecule has 6 heteroatoms. The molecule has 0 amide bonds. The number of halogens is 2. The van der Waals surface area contributed by atoms with Crippen molar-refractivity contribution in [2.24, 2.45) is 11.7 Å². The zero-order valence-corrected chi connectivity index (χ0v) is 11.3. The van der Waals surface area contributed by atoms with Crippen molar-refractivity contribution < 1.29 is 17.2 Å². The molecule has 2 rings (SSSR count). The smallest absolute Gasteiger partial charge is 0.150 e. The van der Waals surface area contributed by atoms with Gasteiger partial charge in [0.1, 0.15) is 11.6 Å². The lowest BCUT2D eigenvalue weighted by Crippen LogP contribution is -2.26. The van der Waals surface area contributed by atoms with E-state index in [4.69, 9.17) is 5.73 Å². The highest BCUT2D eigenvalue weighted by atomic mass is 32.2. The highest BCUT2D eigenvalue weighted by Crippen LogP contribution is 2.23. The Balaban J connectivity index is 1.92. The number of nitrogens with two attached hydrogens (primary N) is 1. The molecule has 2 N–H and O–H groups in total. The normalized spacial score (nSPS) is 23.4. The summed E-state index contributed by atoms with van der Waals surface area (Å²) in [6.07, 6.45) is 1.55. The van der Waals surface area contributed by atoms with Crippen molar-refractivity contribution in [2.75, 3.05) is 11.5 Å². The van der Waals surface area contributed by atoms with Crippen LogP contribution in [-0.4, -0.2) is 26.0 Å². The lowest BCUT2D eigenvalue weighted by molar-refractivity contribution is 0.467. The topological polar surface area (TPSA) is 60.2 Å². The van der Waals surface area contributed by atoms with Gasteiger partial charge in [0.25, 0.3) is 0 Å². The fourth-order valence-corrected chi connectivity index (χ4v) is 4.48. The minimum Gasteiger partial charge on any atom is -0.327 e. The van der Waals surface area contributed by atoms with Crippen molar-refractivity contribution in [1.29, 1.82) is 0 Å². The van der Waals surface area contributed by atoms with Crippen molar-refractivity contribution in [3.63, 3.8) is 0 Å². The SMILES string of the molecule is NC(Cc1cc(F)cc(F)c1)CC1CCS(=O)(=O)C1. The summed E-state index contributed by atoms with van der Waals surface area (Å²) in [5.41, 5.74) is 6.44. The van der Waals surface area contributed by atoms with Gasteiger partial charge >= 0.3 is 0 Å². The van der Waals surface area contributed by atoms with Crippen molar-refractivity contribution in [3.05, 3.63) is 35.4 Å². The van der Waals surface area contributed by atoms with Gasteiger partial charge in [-0.3, -0.25) is 0 Å². The second kappa shape index (κ2) is 5.54. The zero-order valence-electron chi connectivity index (χ0n) is 10.5.